The highest BCUT2D eigenvalue weighted by Crippen LogP contribution is 2.35. The third-order valence-corrected chi connectivity index (χ3v) is 5.96. The van der Waals surface area contributed by atoms with E-state index in [0.717, 1.165) is 22.2 Å². The van der Waals surface area contributed by atoms with Crippen LogP contribution in [0.15, 0.2) is 54.9 Å². The Morgan fingerprint density at radius 3 is 2.91 bits per heavy atom. The molecule has 2 atom stereocenters. The summed E-state index contributed by atoms with van der Waals surface area (Å²) >= 11 is 0. The zero-order valence-electron chi connectivity index (χ0n) is 19.1. The topological polar surface area (TPSA) is 94.9 Å². The van der Waals surface area contributed by atoms with Gasteiger partial charge in [0.05, 0.1) is 25.1 Å². The number of fused-ring (bicyclic) bond motifs is 1. The first-order valence-electron chi connectivity index (χ1n) is 11.3. The Bertz CT molecular complexity index is 1240. The number of likely N-dealkylation sites (N-methyl/N-ethyl adjacent to an activating group) is 1. The van der Waals surface area contributed by atoms with E-state index in [0.29, 0.717) is 36.8 Å². The molecule has 2 aromatic carbocycles. The van der Waals surface area contributed by atoms with Gasteiger partial charge in [0.15, 0.2) is 0 Å². The number of rotatable bonds is 5. The fraction of sp³-hybridized carbons (Fsp3) is 0.320. The number of carbonyl (C=O) groups is 2. The Kier molecular flexibility index (Phi) is 6.37. The van der Waals surface area contributed by atoms with Gasteiger partial charge < -0.3 is 24.4 Å². The lowest BCUT2D eigenvalue weighted by Gasteiger charge is -2.21. The molecule has 0 spiro atoms. The van der Waals surface area contributed by atoms with E-state index in [1.165, 1.54) is 23.2 Å². The van der Waals surface area contributed by atoms with Crippen LogP contribution in [0.5, 0.6) is 11.5 Å². The van der Waals surface area contributed by atoms with Gasteiger partial charge in [0.1, 0.15) is 36.1 Å². The minimum atomic E-state index is -0.914. The summed E-state index contributed by atoms with van der Waals surface area (Å²) in [6.07, 6.45) is 4.30. The second-order valence-corrected chi connectivity index (χ2v) is 8.54. The number of hydrogen-bond donors (Lipinski definition) is 1. The van der Waals surface area contributed by atoms with Crippen LogP contribution in [0.25, 0.3) is 0 Å². The maximum absolute atomic E-state index is 13.4. The molecule has 3 aromatic rings. The van der Waals surface area contributed by atoms with Gasteiger partial charge in [-0.2, -0.15) is 9.78 Å². The molecule has 5 rings (SSSR count). The number of aromatic nitrogens is 2. The predicted molar refractivity (Wildman–Crippen MR) is 124 cm³/mol. The maximum atomic E-state index is 13.4. The molecule has 3 heterocycles. The molecule has 1 aromatic heterocycles. The molecule has 182 valence electrons. The number of benzene rings is 2. The molecular formula is C25H25FN4O5. The molecule has 0 aliphatic carbocycles. The lowest BCUT2D eigenvalue weighted by molar-refractivity contribution is -0.120. The van der Waals surface area contributed by atoms with Crippen LogP contribution in [0.4, 0.5) is 14.9 Å². The van der Waals surface area contributed by atoms with E-state index < -0.39 is 12.1 Å². The molecule has 1 N–H and O–H groups in total. The van der Waals surface area contributed by atoms with Crippen molar-refractivity contribution >= 4 is 17.6 Å². The molecule has 2 aliphatic rings. The van der Waals surface area contributed by atoms with Crippen LogP contribution >= 0.6 is 0 Å². The number of anilines is 1. The van der Waals surface area contributed by atoms with Crippen molar-refractivity contribution < 1.29 is 28.2 Å². The predicted octanol–water partition coefficient (Wildman–Crippen LogP) is 2.76. The van der Waals surface area contributed by atoms with Gasteiger partial charge in [0.2, 0.25) is 0 Å². The van der Waals surface area contributed by atoms with Gasteiger partial charge in [0, 0.05) is 32.2 Å². The zero-order chi connectivity index (χ0) is 24.4. The number of halogens is 1. The van der Waals surface area contributed by atoms with Crippen molar-refractivity contribution in [2.75, 3.05) is 31.8 Å². The van der Waals surface area contributed by atoms with Gasteiger partial charge in [0.25, 0.3) is 5.91 Å². The summed E-state index contributed by atoms with van der Waals surface area (Å²) < 4.78 is 31.7. The first kappa shape index (κ1) is 22.9. The summed E-state index contributed by atoms with van der Waals surface area (Å²) in [7, 11) is 1.63. The van der Waals surface area contributed by atoms with Gasteiger partial charge in [-0.1, -0.05) is 12.1 Å². The molecule has 0 bridgehead atoms. The molecule has 9 nitrogen and oxygen atoms in total. The van der Waals surface area contributed by atoms with Gasteiger partial charge in [-0.05, 0) is 35.4 Å². The van der Waals surface area contributed by atoms with E-state index in [1.54, 1.807) is 43.6 Å². The van der Waals surface area contributed by atoms with Gasteiger partial charge in [-0.25, -0.2) is 9.18 Å². The highest BCUT2D eigenvalue weighted by molar-refractivity contribution is 6.00. The van der Waals surface area contributed by atoms with Crippen molar-refractivity contribution in [1.29, 1.82) is 0 Å². The van der Waals surface area contributed by atoms with Crippen LogP contribution < -0.4 is 19.7 Å². The second-order valence-electron chi connectivity index (χ2n) is 8.54. The Morgan fingerprint density at radius 2 is 2.11 bits per heavy atom. The number of ether oxygens (including phenoxy) is 3. The first-order chi connectivity index (χ1) is 17.0. The molecule has 1 fully saturated rings. The highest BCUT2D eigenvalue weighted by atomic mass is 19.1. The minimum Gasteiger partial charge on any atom is -0.489 e. The van der Waals surface area contributed by atoms with Crippen LogP contribution in [0.3, 0.4) is 0 Å². The smallest absolute Gasteiger partial charge is 0.342 e. The van der Waals surface area contributed by atoms with Crippen molar-refractivity contribution in [3.05, 3.63) is 71.8 Å². The van der Waals surface area contributed by atoms with E-state index in [4.69, 9.17) is 14.2 Å². The number of nitrogens with one attached hydrogen (secondary N) is 1. The molecular weight excluding hydrogens is 455 g/mol. The third kappa shape index (κ3) is 5.12. The zero-order valence-corrected chi connectivity index (χ0v) is 19.1. The third-order valence-electron chi connectivity index (χ3n) is 5.96. The average Bonchev–Trinajstić information content (AvgIpc) is 3.51. The second kappa shape index (κ2) is 9.75. The monoisotopic (exact) mass is 480 g/mol. The summed E-state index contributed by atoms with van der Waals surface area (Å²) in [5.41, 5.74) is 2.05. The molecule has 2 aliphatic heterocycles. The van der Waals surface area contributed by atoms with Gasteiger partial charge >= 0.3 is 6.03 Å². The molecule has 0 unspecified atom stereocenters. The summed E-state index contributed by atoms with van der Waals surface area (Å²) in [4.78, 5) is 27.4. The Labute approximate surface area is 201 Å². The molecule has 35 heavy (non-hydrogen) atoms. The normalized spacial score (nSPS) is 19.6. The van der Waals surface area contributed by atoms with E-state index >= 15 is 0 Å². The van der Waals surface area contributed by atoms with E-state index in [2.05, 4.69) is 10.4 Å². The number of nitrogens with zero attached hydrogens (tertiary/aromatic N) is 3. The summed E-state index contributed by atoms with van der Waals surface area (Å²) in [5, 5.41) is 6.77. The van der Waals surface area contributed by atoms with Crippen LogP contribution in [-0.4, -0.2) is 60.7 Å². The maximum Gasteiger partial charge on any atom is 0.342 e. The number of amides is 2. The molecule has 1 saturated heterocycles. The molecule has 0 radical (unpaired) electrons. The summed E-state index contributed by atoms with van der Waals surface area (Å²) in [6, 6.07) is 10.1. The Morgan fingerprint density at radius 1 is 1.23 bits per heavy atom. The SMILES string of the molecule is CN1C(=O)[C@@H](NC(=O)n2cc(Cc3cccc(F)c3)cn2)COc2ccc(O[C@@H]3CCOC3)cc21. The standard InChI is InChI=1S/C25H25FN4O5/c1-29-22-11-19(35-20-7-8-33-14-20)5-6-23(22)34-15-21(24(29)31)28-25(32)30-13-17(12-27-30)9-16-3-2-4-18(26)10-16/h2-6,10-13,20-21H,7-9,14-15H2,1H3,(H,28,32)/t20-,21+/m1/s1. The largest absolute Gasteiger partial charge is 0.489 e. The summed E-state index contributed by atoms with van der Waals surface area (Å²) in [6.45, 7) is 1.17. The van der Waals surface area contributed by atoms with Crippen LogP contribution in [0, 0.1) is 5.82 Å². The number of carbonyl (C=O) groups excluding carboxylic acids is 2. The van der Waals surface area contributed by atoms with Crippen LogP contribution in [0.1, 0.15) is 17.5 Å². The van der Waals surface area contributed by atoms with Crippen molar-refractivity contribution in [3.63, 3.8) is 0 Å². The molecule has 10 heteroatoms. The van der Waals surface area contributed by atoms with Crippen molar-refractivity contribution in [3.8, 4) is 11.5 Å². The molecule has 0 saturated carbocycles. The average molecular weight is 480 g/mol. The Balaban J connectivity index is 1.25. The van der Waals surface area contributed by atoms with Crippen molar-refractivity contribution in [2.24, 2.45) is 0 Å². The van der Waals surface area contributed by atoms with Crippen LogP contribution in [0.2, 0.25) is 0 Å². The Hall–Kier alpha value is -3.92. The fourth-order valence-corrected chi connectivity index (χ4v) is 4.11. The van der Waals surface area contributed by atoms with Crippen molar-refractivity contribution in [2.45, 2.75) is 25.0 Å². The lowest BCUT2D eigenvalue weighted by Crippen LogP contribution is -2.50. The lowest BCUT2D eigenvalue weighted by atomic mass is 10.1. The fourth-order valence-electron chi connectivity index (χ4n) is 4.11. The molecule has 2 amide bonds. The van der Waals surface area contributed by atoms with Crippen LogP contribution in [-0.2, 0) is 16.0 Å². The highest BCUT2D eigenvalue weighted by Gasteiger charge is 2.31. The number of hydrogen-bond acceptors (Lipinski definition) is 6. The van der Waals surface area contributed by atoms with E-state index in [-0.39, 0.29) is 24.4 Å². The minimum absolute atomic E-state index is 0.0207. The van der Waals surface area contributed by atoms with Crippen molar-refractivity contribution in [1.82, 2.24) is 15.1 Å². The van der Waals surface area contributed by atoms with Gasteiger partial charge in [-0.15, -0.1) is 0 Å². The first-order valence-corrected chi connectivity index (χ1v) is 11.3. The van der Waals surface area contributed by atoms with E-state index in [9.17, 15) is 14.0 Å². The van der Waals surface area contributed by atoms with E-state index in [1.807, 2.05) is 0 Å². The van der Waals surface area contributed by atoms with Gasteiger partial charge in [-0.3, -0.25) is 4.79 Å². The quantitative estimate of drug-likeness (QED) is 0.604. The summed E-state index contributed by atoms with van der Waals surface area (Å²) in [5.74, 6) is 0.484.